The number of benzene rings is 1. The van der Waals surface area contributed by atoms with E-state index in [4.69, 9.17) is 4.74 Å². The van der Waals surface area contributed by atoms with E-state index in [0.717, 1.165) is 11.1 Å². The monoisotopic (exact) mass is 331 g/mol. The van der Waals surface area contributed by atoms with E-state index in [-0.39, 0.29) is 10.9 Å². The zero-order valence-electron chi connectivity index (χ0n) is 13.1. The number of rotatable bonds is 4. The number of sulfone groups is 1. The molecule has 0 aliphatic heterocycles. The molecule has 0 bridgehead atoms. The van der Waals surface area contributed by atoms with Crippen LogP contribution in [0.1, 0.15) is 16.8 Å². The SMILES string of the molecule is COc1ccc2nc(S(=O)(=O)Cc3ncc(C)cc3C)[nH]c2c1. The van der Waals surface area contributed by atoms with Crippen molar-refractivity contribution in [2.45, 2.75) is 24.8 Å². The second kappa shape index (κ2) is 5.66. The molecule has 0 radical (unpaired) electrons. The number of hydrogen-bond acceptors (Lipinski definition) is 5. The molecule has 0 spiro atoms. The summed E-state index contributed by atoms with van der Waals surface area (Å²) in [6.07, 6.45) is 1.67. The first-order chi connectivity index (χ1) is 10.9. The Morgan fingerprint density at radius 3 is 2.70 bits per heavy atom. The third kappa shape index (κ3) is 3.05. The number of H-pyrrole nitrogens is 1. The lowest BCUT2D eigenvalue weighted by Gasteiger charge is -2.05. The maximum atomic E-state index is 12.6. The van der Waals surface area contributed by atoms with Gasteiger partial charge in [0.05, 0.1) is 23.8 Å². The number of aryl methyl sites for hydroxylation is 2. The van der Waals surface area contributed by atoms with Crippen molar-refractivity contribution in [2.24, 2.45) is 0 Å². The molecule has 3 aromatic rings. The summed E-state index contributed by atoms with van der Waals surface area (Å²) in [5.41, 5.74) is 3.59. The lowest BCUT2D eigenvalue weighted by molar-refractivity contribution is 0.415. The molecule has 6 nitrogen and oxygen atoms in total. The smallest absolute Gasteiger partial charge is 0.226 e. The Morgan fingerprint density at radius 1 is 1.22 bits per heavy atom. The summed E-state index contributed by atoms with van der Waals surface area (Å²) in [6, 6.07) is 7.10. The topological polar surface area (TPSA) is 84.9 Å². The minimum atomic E-state index is -3.60. The van der Waals surface area contributed by atoms with Crippen molar-refractivity contribution in [2.75, 3.05) is 7.11 Å². The number of nitrogens with one attached hydrogen (secondary N) is 1. The molecular weight excluding hydrogens is 314 g/mol. The lowest BCUT2D eigenvalue weighted by Crippen LogP contribution is -2.09. The summed E-state index contributed by atoms with van der Waals surface area (Å²) in [6.45, 7) is 3.78. The fourth-order valence-electron chi connectivity index (χ4n) is 2.38. The van der Waals surface area contributed by atoms with Gasteiger partial charge in [0.2, 0.25) is 15.0 Å². The molecule has 0 aliphatic carbocycles. The molecule has 2 heterocycles. The van der Waals surface area contributed by atoms with Crippen LogP contribution in [-0.2, 0) is 15.6 Å². The standard InChI is InChI=1S/C16H17N3O3S/c1-10-6-11(2)15(17-8-10)9-23(20,21)16-18-13-5-4-12(22-3)7-14(13)19-16/h4-8H,9H2,1-3H3,(H,18,19). The molecule has 0 unspecified atom stereocenters. The number of aromatic nitrogens is 3. The highest BCUT2D eigenvalue weighted by atomic mass is 32.2. The Bertz CT molecular complexity index is 977. The molecule has 23 heavy (non-hydrogen) atoms. The first-order valence-electron chi connectivity index (χ1n) is 7.08. The normalized spacial score (nSPS) is 11.8. The van der Waals surface area contributed by atoms with E-state index in [2.05, 4.69) is 15.0 Å². The van der Waals surface area contributed by atoms with E-state index >= 15 is 0 Å². The molecule has 1 N–H and O–H groups in total. The number of imidazole rings is 1. The second-order valence-corrected chi connectivity index (χ2v) is 7.37. The van der Waals surface area contributed by atoms with Crippen LogP contribution in [-0.4, -0.2) is 30.5 Å². The van der Waals surface area contributed by atoms with Crippen molar-refractivity contribution in [3.63, 3.8) is 0 Å². The second-order valence-electron chi connectivity index (χ2n) is 5.46. The van der Waals surface area contributed by atoms with Crippen molar-refractivity contribution in [1.29, 1.82) is 0 Å². The molecule has 0 aliphatic rings. The number of aromatic amines is 1. The molecule has 1 aromatic carbocycles. The van der Waals surface area contributed by atoms with Gasteiger partial charge in [0.1, 0.15) is 11.5 Å². The lowest BCUT2D eigenvalue weighted by atomic mass is 10.2. The first-order valence-corrected chi connectivity index (χ1v) is 8.73. The van der Waals surface area contributed by atoms with Crippen LogP contribution in [0.5, 0.6) is 5.75 Å². The molecule has 120 valence electrons. The van der Waals surface area contributed by atoms with Crippen LogP contribution >= 0.6 is 0 Å². The van der Waals surface area contributed by atoms with Crippen LogP contribution in [0, 0.1) is 13.8 Å². The Labute approximate surface area is 134 Å². The molecule has 0 atom stereocenters. The van der Waals surface area contributed by atoms with Gasteiger partial charge in [-0.3, -0.25) is 4.98 Å². The summed E-state index contributed by atoms with van der Waals surface area (Å²) in [4.78, 5) is 11.3. The summed E-state index contributed by atoms with van der Waals surface area (Å²) < 4.78 is 30.3. The fraction of sp³-hybridized carbons (Fsp3) is 0.250. The fourth-order valence-corrected chi connectivity index (χ4v) is 3.68. The van der Waals surface area contributed by atoms with Crippen molar-refractivity contribution >= 4 is 20.9 Å². The number of nitrogens with zero attached hydrogens (tertiary/aromatic N) is 2. The molecule has 0 fully saturated rings. The maximum Gasteiger partial charge on any atom is 0.226 e. The maximum absolute atomic E-state index is 12.6. The van der Waals surface area contributed by atoms with Gasteiger partial charge in [-0.1, -0.05) is 6.07 Å². The number of hydrogen-bond donors (Lipinski definition) is 1. The molecule has 7 heteroatoms. The number of pyridine rings is 1. The third-order valence-corrected chi connectivity index (χ3v) is 5.05. The van der Waals surface area contributed by atoms with Gasteiger partial charge in [0.15, 0.2) is 0 Å². The predicted octanol–water partition coefficient (Wildman–Crippen LogP) is 2.56. The van der Waals surface area contributed by atoms with Crippen LogP contribution < -0.4 is 4.74 Å². The molecule has 0 saturated carbocycles. The first kappa shape index (κ1) is 15.5. The zero-order chi connectivity index (χ0) is 16.6. The third-order valence-electron chi connectivity index (χ3n) is 3.61. The van der Waals surface area contributed by atoms with Gasteiger partial charge in [0.25, 0.3) is 0 Å². The average molecular weight is 331 g/mol. The number of ether oxygens (including phenoxy) is 1. The van der Waals surface area contributed by atoms with Gasteiger partial charge in [-0.15, -0.1) is 0 Å². The average Bonchev–Trinajstić information content (AvgIpc) is 2.94. The predicted molar refractivity (Wildman–Crippen MR) is 87.2 cm³/mol. The van der Waals surface area contributed by atoms with Gasteiger partial charge in [-0.05, 0) is 37.1 Å². The van der Waals surface area contributed by atoms with E-state index in [0.29, 0.717) is 22.5 Å². The molecule has 0 saturated heterocycles. The van der Waals surface area contributed by atoms with Gasteiger partial charge in [-0.25, -0.2) is 13.4 Å². The minimum absolute atomic E-state index is 0.0532. The van der Waals surface area contributed by atoms with Crippen molar-refractivity contribution in [3.05, 3.63) is 47.3 Å². The minimum Gasteiger partial charge on any atom is -0.497 e. The number of fused-ring (bicyclic) bond motifs is 1. The van der Waals surface area contributed by atoms with Crippen LogP contribution in [0.4, 0.5) is 0 Å². The Kier molecular flexibility index (Phi) is 3.81. The van der Waals surface area contributed by atoms with Crippen molar-refractivity contribution in [1.82, 2.24) is 15.0 Å². The van der Waals surface area contributed by atoms with Crippen LogP contribution in [0.2, 0.25) is 0 Å². The van der Waals surface area contributed by atoms with Crippen LogP contribution in [0.15, 0.2) is 35.6 Å². The van der Waals surface area contributed by atoms with Crippen molar-refractivity contribution < 1.29 is 13.2 Å². The van der Waals surface area contributed by atoms with Crippen LogP contribution in [0.3, 0.4) is 0 Å². The molecular formula is C16H17N3O3S. The largest absolute Gasteiger partial charge is 0.497 e. The number of methoxy groups -OCH3 is 1. The molecule has 0 amide bonds. The highest BCUT2D eigenvalue weighted by Crippen LogP contribution is 2.22. The Hall–Kier alpha value is -2.41. The quantitative estimate of drug-likeness (QED) is 0.794. The van der Waals surface area contributed by atoms with E-state index in [1.165, 1.54) is 0 Å². The highest BCUT2D eigenvalue weighted by molar-refractivity contribution is 7.90. The van der Waals surface area contributed by atoms with E-state index < -0.39 is 9.84 Å². The Balaban J connectivity index is 1.98. The summed E-state index contributed by atoms with van der Waals surface area (Å²) in [7, 11) is -2.04. The van der Waals surface area contributed by atoms with Gasteiger partial charge >= 0.3 is 0 Å². The van der Waals surface area contributed by atoms with Gasteiger partial charge < -0.3 is 9.72 Å². The highest BCUT2D eigenvalue weighted by Gasteiger charge is 2.21. The summed E-state index contributed by atoms with van der Waals surface area (Å²) >= 11 is 0. The van der Waals surface area contributed by atoms with E-state index in [9.17, 15) is 8.42 Å². The Morgan fingerprint density at radius 2 is 2.00 bits per heavy atom. The van der Waals surface area contributed by atoms with E-state index in [1.54, 1.807) is 31.5 Å². The van der Waals surface area contributed by atoms with Crippen LogP contribution in [0.25, 0.3) is 11.0 Å². The summed E-state index contributed by atoms with van der Waals surface area (Å²) in [5, 5.41) is -0.0532. The molecule has 2 aromatic heterocycles. The molecule has 3 rings (SSSR count). The summed E-state index contributed by atoms with van der Waals surface area (Å²) in [5.74, 6) is 0.455. The van der Waals surface area contributed by atoms with Crippen molar-refractivity contribution in [3.8, 4) is 5.75 Å². The van der Waals surface area contributed by atoms with E-state index in [1.807, 2.05) is 19.9 Å². The van der Waals surface area contributed by atoms with Gasteiger partial charge in [-0.2, -0.15) is 0 Å². The zero-order valence-corrected chi connectivity index (χ0v) is 13.9. The van der Waals surface area contributed by atoms with Gasteiger partial charge in [0, 0.05) is 12.3 Å².